The number of anilines is 2. The molecule has 36 heavy (non-hydrogen) atoms. The first-order valence-electron chi connectivity index (χ1n) is 12.6. The predicted octanol–water partition coefficient (Wildman–Crippen LogP) is 4.27. The number of carbonyl (C=O) groups excluding carboxylic acids is 4. The summed E-state index contributed by atoms with van der Waals surface area (Å²) in [6.07, 6.45) is 4.99. The fourth-order valence-electron chi connectivity index (χ4n) is 6.44. The van der Waals surface area contributed by atoms with Gasteiger partial charge in [0.05, 0.1) is 34.3 Å². The highest BCUT2D eigenvalue weighted by Crippen LogP contribution is 2.43. The number of aryl methyl sites for hydroxylation is 2. The van der Waals surface area contributed by atoms with Crippen LogP contribution in [0.15, 0.2) is 60.7 Å². The lowest BCUT2D eigenvalue weighted by molar-refractivity contribution is -0.122. The number of amides is 4. The van der Waals surface area contributed by atoms with Gasteiger partial charge in [-0.1, -0.05) is 36.4 Å². The van der Waals surface area contributed by atoms with Crippen LogP contribution in [0.1, 0.15) is 55.8 Å². The Labute approximate surface area is 208 Å². The molecule has 1 saturated heterocycles. The molecule has 4 aliphatic rings. The smallest absolute Gasteiger partial charge is 0.266 e. The zero-order valence-corrected chi connectivity index (χ0v) is 19.7. The number of imide groups is 2. The fraction of sp³-hybridized carbons (Fsp3) is 0.267. The summed E-state index contributed by atoms with van der Waals surface area (Å²) in [6, 6.07) is 18.4. The molecule has 1 fully saturated rings. The maximum Gasteiger partial charge on any atom is 0.266 e. The summed E-state index contributed by atoms with van der Waals surface area (Å²) in [4.78, 5) is 56.6. The van der Waals surface area contributed by atoms with Crippen molar-refractivity contribution in [3.8, 4) is 0 Å². The van der Waals surface area contributed by atoms with Crippen LogP contribution in [0, 0.1) is 11.8 Å². The van der Waals surface area contributed by atoms with Gasteiger partial charge in [-0.15, -0.1) is 0 Å². The lowest BCUT2D eigenvalue weighted by Crippen LogP contribution is -2.35. The molecule has 2 unspecified atom stereocenters. The second-order valence-corrected chi connectivity index (χ2v) is 10.2. The second kappa shape index (κ2) is 7.72. The van der Waals surface area contributed by atoms with Crippen molar-refractivity contribution in [2.24, 2.45) is 11.8 Å². The predicted molar refractivity (Wildman–Crippen MR) is 134 cm³/mol. The van der Waals surface area contributed by atoms with E-state index in [1.807, 2.05) is 36.4 Å². The molecular formula is C30H24N2O4. The van der Waals surface area contributed by atoms with Gasteiger partial charge in [-0.2, -0.15) is 0 Å². The topological polar surface area (TPSA) is 74.8 Å². The molecule has 2 aliphatic heterocycles. The van der Waals surface area contributed by atoms with Gasteiger partial charge in [-0.05, 0) is 85.0 Å². The molecule has 6 nitrogen and oxygen atoms in total. The number of carbonyl (C=O) groups is 4. The minimum Gasteiger partial charge on any atom is -0.274 e. The van der Waals surface area contributed by atoms with E-state index in [4.69, 9.17) is 0 Å². The minimum atomic E-state index is -0.436. The Morgan fingerprint density at radius 2 is 1.00 bits per heavy atom. The maximum absolute atomic E-state index is 13.6. The number of nitrogens with zero attached hydrogens (tertiary/aromatic N) is 2. The molecule has 0 radical (unpaired) electrons. The lowest BCUT2D eigenvalue weighted by atomic mass is 9.77. The summed E-state index contributed by atoms with van der Waals surface area (Å²) in [7, 11) is 0. The molecule has 4 amide bonds. The van der Waals surface area contributed by atoms with Crippen LogP contribution in [0.25, 0.3) is 0 Å². The zero-order valence-electron chi connectivity index (χ0n) is 19.7. The monoisotopic (exact) mass is 476 g/mol. The van der Waals surface area contributed by atoms with Gasteiger partial charge in [0.15, 0.2) is 0 Å². The standard InChI is InChI=1S/C30H24N2O4/c33-27-21-13-17-7-1-2-8-18(17)14-22(21)28(34)31(27)25-11-5-6-12-26(25)32-29(35)23-15-19-9-3-4-10-20(19)16-24(23)30(32)36/h1-2,5-8,11-12,15-16,21-22H,3-4,9-10,13-14H2. The Morgan fingerprint density at radius 3 is 1.50 bits per heavy atom. The van der Waals surface area contributed by atoms with Crippen molar-refractivity contribution in [1.29, 1.82) is 0 Å². The van der Waals surface area contributed by atoms with Crippen molar-refractivity contribution in [2.45, 2.75) is 38.5 Å². The summed E-state index contributed by atoms with van der Waals surface area (Å²) >= 11 is 0. The minimum absolute atomic E-state index is 0.265. The van der Waals surface area contributed by atoms with Crippen LogP contribution in [-0.2, 0) is 35.3 Å². The van der Waals surface area contributed by atoms with Crippen molar-refractivity contribution in [2.75, 3.05) is 9.80 Å². The van der Waals surface area contributed by atoms with Gasteiger partial charge in [0.25, 0.3) is 11.8 Å². The Balaban J connectivity index is 1.28. The molecular weight excluding hydrogens is 452 g/mol. The van der Waals surface area contributed by atoms with E-state index in [2.05, 4.69) is 0 Å². The summed E-state index contributed by atoms with van der Waals surface area (Å²) in [6.45, 7) is 0. The Morgan fingerprint density at radius 1 is 0.556 bits per heavy atom. The second-order valence-electron chi connectivity index (χ2n) is 10.2. The summed E-state index contributed by atoms with van der Waals surface area (Å²) in [5, 5.41) is 0. The van der Waals surface area contributed by atoms with Crippen molar-refractivity contribution in [1.82, 2.24) is 0 Å². The van der Waals surface area contributed by atoms with Gasteiger partial charge in [0, 0.05) is 0 Å². The molecule has 3 aromatic rings. The molecule has 2 atom stereocenters. The normalized spacial score (nSPS) is 22.4. The van der Waals surface area contributed by atoms with E-state index < -0.39 is 23.7 Å². The van der Waals surface area contributed by atoms with E-state index in [1.54, 1.807) is 24.3 Å². The molecule has 0 saturated carbocycles. The highest BCUT2D eigenvalue weighted by Gasteiger charge is 2.51. The van der Waals surface area contributed by atoms with E-state index in [0.717, 1.165) is 52.8 Å². The van der Waals surface area contributed by atoms with Gasteiger partial charge in [0.2, 0.25) is 11.8 Å². The highest BCUT2D eigenvalue weighted by atomic mass is 16.2. The van der Waals surface area contributed by atoms with Crippen molar-refractivity contribution in [3.05, 3.63) is 94.0 Å². The maximum atomic E-state index is 13.6. The molecule has 2 heterocycles. The quantitative estimate of drug-likeness (QED) is 0.518. The molecule has 3 aromatic carbocycles. The third-order valence-corrected chi connectivity index (χ3v) is 8.27. The van der Waals surface area contributed by atoms with Crippen LogP contribution in [0.4, 0.5) is 11.4 Å². The molecule has 0 spiro atoms. The van der Waals surface area contributed by atoms with Crippen LogP contribution in [0.3, 0.4) is 0 Å². The van der Waals surface area contributed by atoms with Gasteiger partial charge in [0.1, 0.15) is 0 Å². The average molecular weight is 477 g/mol. The molecule has 0 bridgehead atoms. The Kier molecular flexibility index (Phi) is 4.55. The fourth-order valence-corrected chi connectivity index (χ4v) is 6.44. The van der Waals surface area contributed by atoms with Gasteiger partial charge in [-0.3, -0.25) is 19.2 Å². The van der Waals surface area contributed by atoms with E-state index >= 15 is 0 Å². The van der Waals surface area contributed by atoms with Gasteiger partial charge >= 0.3 is 0 Å². The van der Waals surface area contributed by atoms with Gasteiger partial charge < -0.3 is 0 Å². The number of para-hydroxylation sites is 2. The summed E-state index contributed by atoms with van der Waals surface area (Å²) in [5.41, 5.74) is 5.83. The van der Waals surface area contributed by atoms with Crippen LogP contribution in [0.2, 0.25) is 0 Å². The van der Waals surface area contributed by atoms with Crippen molar-refractivity contribution in [3.63, 3.8) is 0 Å². The number of hydrogen-bond acceptors (Lipinski definition) is 4. The summed E-state index contributed by atoms with van der Waals surface area (Å²) in [5.74, 6) is -2.21. The number of benzene rings is 3. The van der Waals surface area contributed by atoms with E-state index in [-0.39, 0.29) is 17.5 Å². The largest absolute Gasteiger partial charge is 0.274 e. The van der Waals surface area contributed by atoms with Crippen molar-refractivity contribution >= 4 is 35.0 Å². The van der Waals surface area contributed by atoms with E-state index in [1.165, 1.54) is 4.90 Å². The Hall–Kier alpha value is -4.06. The molecule has 178 valence electrons. The third-order valence-electron chi connectivity index (χ3n) is 8.27. The average Bonchev–Trinajstić information content (AvgIpc) is 3.29. The van der Waals surface area contributed by atoms with E-state index in [9.17, 15) is 19.2 Å². The molecule has 6 heteroatoms. The zero-order chi connectivity index (χ0) is 24.6. The molecule has 0 aromatic heterocycles. The van der Waals surface area contributed by atoms with Crippen LogP contribution in [0.5, 0.6) is 0 Å². The lowest BCUT2D eigenvalue weighted by Gasteiger charge is -2.23. The SMILES string of the molecule is O=C1c2cc3c(cc2C(=O)N1c1ccccc1N1C(=O)C2Cc4ccccc4CC2C1=O)CCCC3. The first kappa shape index (κ1) is 21.2. The first-order chi connectivity index (χ1) is 17.5. The highest BCUT2D eigenvalue weighted by molar-refractivity contribution is 6.36. The third kappa shape index (κ3) is 2.90. The van der Waals surface area contributed by atoms with Gasteiger partial charge in [-0.25, -0.2) is 9.80 Å². The van der Waals surface area contributed by atoms with Crippen LogP contribution in [-0.4, -0.2) is 23.6 Å². The number of rotatable bonds is 2. The molecule has 7 rings (SSSR count). The number of fused-ring (bicyclic) bond motifs is 4. The summed E-state index contributed by atoms with van der Waals surface area (Å²) < 4.78 is 0. The first-order valence-corrected chi connectivity index (χ1v) is 12.6. The van der Waals surface area contributed by atoms with Crippen LogP contribution >= 0.6 is 0 Å². The molecule has 2 aliphatic carbocycles. The molecule has 0 N–H and O–H groups in total. The van der Waals surface area contributed by atoms with Crippen LogP contribution < -0.4 is 9.80 Å². The van der Waals surface area contributed by atoms with E-state index in [0.29, 0.717) is 29.7 Å². The van der Waals surface area contributed by atoms with Crippen molar-refractivity contribution < 1.29 is 19.2 Å². The number of hydrogen-bond donors (Lipinski definition) is 0. The Bertz CT molecular complexity index is 1420.